The van der Waals surface area contributed by atoms with Gasteiger partial charge in [-0.1, -0.05) is 37.3 Å². The summed E-state index contributed by atoms with van der Waals surface area (Å²) in [5, 5.41) is 16.0. The van der Waals surface area contributed by atoms with Gasteiger partial charge in [0, 0.05) is 12.1 Å². The van der Waals surface area contributed by atoms with Crippen molar-refractivity contribution in [2.24, 2.45) is 0 Å². The maximum Gasteiger partial charge on any atom is 0.227 e. The SMILES string of the molecule is CCC(O)(CC(=O)Nc1cc2c(cc1F)CCC(=O)N2)c1ccccc1. The van der Waals surface area contributed by atoms with Crippen LogP contribution in [0.2, 0.25) is 0 Å². The van der Waals surface area contributed by atoms with Gasteiger partial charge < -0.3 is 15.7 Å². The molecule has 0 aromatic heterocycles. The van der Waals surface area contributed by atoms with E-state index in [1.165, 1.54) is 12.1 Å². The minimum Gasteiger partial charge on any atom is -0.385 e. The van der Waals surface area contributed by atoms with Crippen molar-refractivity contribution in [1.82, 2.24) is 0 Å². The van der Waals surface area contributed by atoms with Crippen LogP contribution in [0.4, 0.5) is 15.8 Å². The fourth-order valence-electron chi connectivity index (χ4n) is 3.13. The number of fused-ring (bicyclic) bond motifs is 1. The lowest BCUT2D eigenvalue weighted by Gasteiger charge is -2.27. The molecule has 1 aliphatic heterocycles. The molecule has 0 saturated heterocycles. The summed E-state index contributed by atoms with van der Waals surface area (Å²) in [4.78, 5) is 23.9. The zero-order chi connectivity index (χ0) is 18.7. The molecule has 0 aliphatic carbocycles. The summed E-state index contributed by atoms with van der Waals surface area (Å²) in [5.41, 5.74) is 0.504. The van der Waals surface area contributed by atoms with Crippen LogP contribution >= 0.6 is 0 Å². The lowest BCUT2D eigenvalue weighted by Crippen LogP contribution is -2.31. The van der Waals surface area contributed by atoms with Crippen molar-refractivity contribution >= 4 is 23.2 Å². The van der Waals surface area contributed by atoms with Crippen molar-refractivity contribution in [3.63, 3.8) is 0 Å². The summed E-state index contributed by atoms with van der Waals surface area (Å²) in [6, 6.07) is 11.7. The predicted molar refractivity (Wildman–Crippen MR) is 97.2 cm³/mol. The molecule has 2 amide bonds. The van der Waals surface area contributed by atoms with E-state index in [0.29, 0.717) is 36.1 Å². The van der Waals surface area contributed by atoms with E-state index in [9.17, 15) is 19.1 Å². The van der Waals surface area contributed by atoms with Crippen molar-refractivity contribution in [2.45, 2.75) is 38.2 Å². The summed E-state index contributed by atoms with van der Waals surface area (Å²) in [7, 11) is 0. The number of rotatable bonds is 5. The Bertz CT molecular complexity index is 838. The first-order valence-electron chi connectivity index (χ1n) is 8.61. The van der Waals surface area contributed by atoms with E-state index in [1.54, 1.807) is 31.2 Å². The number of hydrogen-bond acceptors (Lipinski definition) is 3. The van der Waals surface area contributed by atoms with Crippen LogP contribution in [0.1, 0.15) is 37.3 Å². The van der Waals surface area contributed by atoms with Crippen LogP contribution < -0.4 is 10.6 Å². The number of anilines is 2. The molecule has 1 unspecified atom stereocenters. The van der Waals surface area contributed by atoms with Gasteiger partial charge in [-0.05, 0) is 36.1 Å². The van der Waals surface area contributed by atoms with Gasteiger partial charge >= 0.3 is 0 Å². The molecule has 1 aliphatic rings. The van der Waals surface area contributed by atoms with E-state index in [2.05, 4.69) is 10.6 Å². The van der Waals surface area contributed by atoms with E-state index in [4.69, 9.17) is 0 Å². The van der Waals surface area contributed by atoms with Gasteiger partial charge in [0.15, 0.2) is 0 Å². The lowest BCUT2D eigenvalue weighted by atomic mass is 9.87. The monoisotopic (exact) mass is 356 g/mol. The van der Waals surface area contributed by atoms with Crippen molar-refractivity contribution in [1.29, 1.82) is 0 Å². The Kier molecular flexibility index (Phi) is 5.04. The van der Waals surface area contributed by atoms with E-state index < -0.39 is 17.3 Å². The first-order chi connectivity index (χ1) is 12.4. The molecular formula is C20H21FN2O3. The largest absolute Gasteiger partial charge is 0.385 e. The molecule has 6 heteroatoms. The number of benzene rings is 2. The molecule has 136 valence electrons. The number of nitrogens with one attached hydrogen (secondary N) is 2. The third-order valence-corrected chi connectivity index (χ3v) is 4.71. The summed E-state index contributed by atoms with van der Waals surface area (Å²) < 4.78 is 14.3. The summed E-state index contributed by atoms with van der Waals surface area (Å²) in [6.07, 6.45) is 0.929. The number of aryl methyl sites for hydroxylation is 1. The Hall–Kier alpha value is -2.73. The molecule has 3 N–H and O–H groups in total. The van der Waals surface area contributed by atoms with Gasteiger partial charge in [-0.2, -0.15) is 0 Å². The smallest absolute Gasteiger partial charge is 0.227 e. The zero-order valence-corrected chi connectivity index (χ0v) is 14.5. The third kappa shape index (κ3) is 3.75. The normalized spacial score (nSPS) is 15.6. The quantitative estimate of drug-likeness (QED) is 0.769. The van der Waals surface area contributed by atoms with Crippen LogP contribution in [0.5, 0.6) is 0 Å². The van der Waals surface area contributed by atoms with Crippen molar-refractivity contribution in [3.05, 3.63) is 59.4 Å². The van der Waals surface area contributed by atoms with E-state index in [1.807, 2.05) is 6.07 Å². The molecule has 0 radical (unpaired) electrons. The molecule has 0 spiro atoms. The fraction of sp³-hybridized carbons (Fsp3) is 0.300. The van der Waals surface area contributed by atoms with Gasteiger partial charge in [0.2, 0.25) is 11.8 Å². The standard InChI is InChI=1S/C20H21FN2O3/c1-2-20(26,14-6-4-3-5-7-14)12-19(25)23-17-11-16-13(10-15(17)21)8-9-18(24)22-16/h3-7,10-11,26H,2,8-9,12H2,1H3,(H,22,24)(H,23,25). The second-order valence-corrected chi connectivity index (χ2v) is 6.51. The minimum atomic E-state index is -1.33. The van der Waals surface area contributed by atoms with Crippen molar-refractivity contribution in [2.75, 3.05) is 10.6 Å². The zero-order valence-electron chi connectivity index (χ0n) is 14.5. The second kappa shape index (κ2) is 7.25. The molecule has 1 atom stereocenters. The van der Waals surface area contributed by atoms with Gasteiger partial charge in [-0.15, -0.1) is 0 Å². The summed E-state index contributed by atoms with van der Waals surface area (Å²) in [6.45, 7) is 1.79. The fourth-order valence-corrected chi connectivity index (χ4v) is 3.13. The Labute approximate surface area is 151 Å². The molecule has 1 heterocycles. The van der Waals surface area contributed by atoms with Gasteiger partial charge in [0.25, 0.3) is 0 Å². The number of halogens is 1. The highest BCUT2D eigenvalue weighted by molar-refractivity contribution is 5.96. The average Bonchev–Trinajstić information content (AvgIpc) is 2.63. The predicted octanol–water partition coefficient (Wildman–Crippen LogP) is 3.34. The second-order valence-electron chi connectivity index (χ2n) is 6.51. The molecule has 2 aromatic carbocycles. The number of amides is 2. The van der Waals surface area contributed by atoms with Crippen LogP contribution in [0, 0.1) is 5.82 Å². The van der Waals surface area contributed by atoms with Gasteiger partial charge in [0.1, 0.15) is 5.82 Å². The maximum absolute atomic E-state index is 14.3. The number of hydrogen-bond donors (Lipinski definition) is 3. The molecule has 2 aromatic rings. The highest BCUT2D eigenvalue weighted by Crippen LogP contribution is 2.31. The average molecular weight is 356 g/mol. The molecule has 5 nitrogen and oxygen atoms in total. The van der Waals surface area contributed by atoms with E-state index >= 15 is 0 Å². The first kappa shape index (κ1) is 18.1. The summed E-state index contributed by atoms with van der Waals surface area (Å²) >= 11 is 0. The number of aliphatic hydroxyl groups is 1. The molecule has 0 saturated carbocycles. The number of carbonyl (C=O) groups excluding carboxylic acids is 2. The molecule has 26 heavy (non-hydrogen) atoms. The van der Waals surface area contributed by atoms with Gasteiger partial charge in [-0.3, -0.25) is 9.59 Å². The highest BCUT2D eigenvalue weighted by atomic mass is 19.1. The Morgan fingerprint density at radius 2 is 2.00 bits per heavy atom. The van der Waals surface area contributed by atoms with Gasteiger partial charge in [-0.25, -0.2) is 4.39 Å². The molecule has 0 bridgehead atoms. The lowest BCUT2D eigenvalue weighted by molar-refractivity contribution is -0.121. The number of carbonyl (C=O) groups is 2. The Morgan fingerprint density at radius 3 is 2.69 bits per heavy atom. The minimum absolute atomic E-state index is 0.0116. The maximum atomic E-state index is 14.3. The molecule has 3 rings (SSSR count). The molecule has 0 fully saturated rings. The van der Waals surface area contributed by atoms with E-state index in [-0.39, 0.29) is 18.0 Å². The Morgan fingerprint density at radius 1 is 1.27 bits per heavy atom. The van der Waals surface area contributed by atoms with Crippen LogP contribution in [-0.2, 0) is 21.6 Å². The third-order valence-electron chi connectivity index (χ3n) is 4.71. The van der Waals surface area contributed by atoms with Crippen molar-refractivity contribution in [3.8, 4) is 0 Å². The van der Waals surface area contributed by atoms with Crippen LogP contribution in [-0.4, -0.2) is 16.9 Å². The van der Waals surface area contributed by atoms with Gasteiger partial charge in [0.05, 0.1) is 17.7 Å². The highest BCUT2D eigenvalue weighted by Gasteiger charge is 2.30. The Balaban J connectivity index is 1.77. The van der Waals surface area contributed by atoms with Crippen LogP contribution in [0.25, 0.3) is 0 Å². The topological polar surface area (TPSA) is 78.4 Å². The first-order valence-corrected chi connectivity index (χ1v) is 8.61. The van der Waals surface area contributed by atoms with Crippen LogP contribution in [0.3, 0.4) is 0 Å². The van der Waals surface area contributed by atoms with Crippen molar-refractivity contribution < 1.29 is 19.1 Å². The molecular weight excluding hydrogens is 335 g/mol. The van der Waals surface area contributed by atoms with Crippen LogP contribution in [0.15, 0.2) is 42.5 Å². The van der Waals surface area contributed by atoms with E-state index in [0.717, 1.165) is 0 Å². The summed E-state index contributed by atoms with van der Waals surface area (Å²) in [5.74, 6) is -1.20.